The molecule has 0 radical (unpaired) electrons. The minimum atomic E-state index is -0.472. The maximum absolute atomic E-state index is 13.7. The van der Waals surface area contributed by atoms with Gasteiger partial charge in [0, 0.05) is 20.2 Å². The van der Waals surface area contributed by atoms with Gasteiger partial charge in [-0.05, 0) is 17.7 Å². The third-order valence-electron chi connectivity index (χ3n) is 4.39. The standard InChI is InChI=1S/C21H24FN5O3S/c1-29-12-11-26(13-16-7-3-2-4-8-16)20(28)15-31-21-25-24-19(27(21)23)14-30-18-10-6-5-9-17(18)22/h2-10H,11-15,23H2,1H3. The van der Waals surface area contributed by atoms with Crippen molar-refractivity contribution in [3.8, 4) is 5.75 Å². The van der Waals surface area contributed by atoms with E-state index >= 15 is 0 Å². The van der Waals surface area contributed by atoms with Gasteiger partial charge in [0.2, 0.25) is 11.1 Å². The number of nitrogens with two attached hydrogens (primary N) is 1. The molecule has 8 nitrogen and oxygen atoms in total. The molecule has 0 saturated carbocycles. The molecule has 1 amide bonds. The summed E-state index contributed by atoms with van der Waals surface area (Å²) >= 11 is 1.18. The van der Waals surface area contributed by atoms with Crippen LogP contribution in [-0.2, 0) is 22.7 Å². The predicted octanol–water partition coefficient (Wildman–Crippen LogP) is 2.48. The number of carbonyl (C=O) groups is 1. The Morgan fingerprint density at radius 2 is 1.90 bits per heavy atom. The molecule has 10 heteroatoms. The van der Waals surface area contributed by atoms with Crippen molar-refractivity contribution in [1.29, 1.82) is 0 Å². The topological polar surface area (TPSA) is 95.5 Å². The number of thioether (sulfide) groups is 1. The molecule has 0 atom stereocenters. The summed E-state index contributed by atoms with van der Waals surface area (Å²) in [7, 11) is 1.60. The van der Waals surface area contributed by atoms with Crippen LogP contribution in [0.5, 0.6) is 5.75 Å². The molecule has 0 saturated heterocycles. The molecule has 1 aromatic heterocycles. The molecule has 1 heterocycles. The van der Waals surface area contributed by atoms with Gasteiger partial charge in [-0.2, -0.15) is 0 Å². The lowest BCUT2D eigenvalue weighted by Crippen LogP contribution is -2.34. The molecule has 2 N–H and O–H groups in total. The van der Waals surface area contributed by atoms with Gasteiger partial charge in [0.25, 0.3) is 0 Å². The number of ether oxygens (including phenoxy) is 2. The number of aromatic nitrogens is 3. The van der Waals surface area contributed by atoms with Crippen LogP contribution in [0.3, 0.4) is 0 Å². The second kappa shape index (κ2) is 11.3. The van der Waals surface area contributed by atoms with E-state index < -0.39 is 5.82 Å². The van der Waals surface area contributed by atoms with Gasteiger partial charge in [-0.1, -0.05) is 54.2 Å². The van der Waals surface area contributed by atoms with E-state index in [0.717, 1.165) is 5.56 Å². The number of methoxy groups -OCH3 is 1. The summed E-state index contributed by atoms with van der Waals surface area (Å²) in [5, 5.41) is 8.35. The third kappa shape index (κ3) is 6.43. The molecule has 0 aliphatic heterocycles. The van der Waals surface area contributed by atoms with E-state index in [0.29, 0.717) is 30.7 Å². The summed E-state index contributed by atoms with van der Waals surface area (Å²) in [4.78, 5) is 14.5. The molecule has 0 bridgehead atoms. The Balaban J connectivity index is 1.57. The first kappa shape index (κ1) is 22.6. The van der Waals surface area contributed by atoms with Crippen LogP contribution in [0.4, 0.5) is 4.39 Å². The molecule has 164 valence electrons. The van der Waals surface area contributed by atoms with Crippen LogP contribution in [0.25, 0.3) is 0 Å². The van der Waals surface area contributed by atoms with Crippen LogP contribution in [-0.4, -0.2) is 51.7 Å². The Morgan fingerprint density at radius 3 is 2.65 bits per heavy atom. The Morgan fingerprint density at radius 1 is 1.16 bits per heavy atom. The second-order valence-electron chi connectivity index (χ2n) is 6.57. The Labute approximate surface area is 184 Å². The minimum Gasteiger partial charge on any atom is -0.482 e. The van der Waals surface area contributed by atoms with E-state index in [1.54, 1.807) is 24.1 Å². The fraction of sp³-hybridized carbons (Fsp3) is 0.286. The van der Waals surface area contributed by atoms with Crippen molar-refractivity contribution in [2.75, 3.05) is 31.9 Å². The normalized spacial score (nSPS) is 10.8. The monoisotopic (exact) mass is 445 g/mol. The van der Waals surface area contributed by atoms with Gasteiger partial charge in [-0.25, -0.2) is 9.07 Å². The summed E-state index contributed by atoms with van der Waals surface area (Å²) in [6.45, 7) is 1.35. The van der Waals surface area contributed by atoms with Crippen molar-refractivity contribution in [2.24, 2.45) is 0 Å². The zero-order chi connectivity index (χ0) is 22.1. The van der Waals surface area contributed by atoms with E-state index in [4.69, 9.17) is 15.3 Å². The summed E-state index contributed by atoms with van der Waals surface area (Å²) in [5.74, 6) is 6.04. The van der Waals surface area contributed by atoms with Crippen molar-refractivity contribution in [2.45, 2.75) is 18.3 Å². The fourth-order valence-electron chi connectivity index (χ4n) is 2.72. The van der Waals surface area contributed by atoms with Crippen molar-refractivity contribution in [1.82, 2.24) is 19.8 Å². The third-order valence-corrected chi connectivity index (χ3v) is 5.32. The molecular weight excluding hydrogens is 421 g/mol. The Kier molecular flexibility index (Phi) is 8.25. The van der Waals surface area contributed by atoms with Crippen LogP contribution in [0.2, 0.25) is 0 Å². The summed E-state index contributed by atoms with van der Waals surface area (Å²) in [6, 6.07) is 15.8. The van der Waals surface area contributed by atoms with Crippen molar-refractivity contribution < 1.29 is 18.7 Å². The lowest BCUT2D eigenvalue weighted by Gasteiger charge is -2.22. The first-order valence-electron chi connectivity index (χ1n) is 9.58. The molecule has 0 aliphatic carbocycles. The summed E-state index contributed by atoms with van der Waals surface area (Å²) in [6.07, 6.45) is 0. The van der Waals surface area contributed by atoms with E-state index in [9.17, 15) is 9.18 Å². The van der Waals surface area contributed by atoms with Gasteiger partial charge < -0.3 is 20.2 Å². The van der Waals surface area contributed by atoms with Crippen LogP contribution >= 0.6 is 11.8 Å². The maximum Gasteiger partial charge on any atom is 0.233 e. The molecule has 0 unspecified atom stereocenters. The molecule has 31 heavy (non-hydrogen) atoms. The number of amides is 1. The zero-order valence-electron chi connectivity index (χ0n) is 17.1. The van der Waals surface area contributed by atoms with E-state index in [1.807, 2.05) is 30.3 Å². The first-order valence-corrected chi connectivity index (χ1v) is 10.6. The molecule has 3 aromatic rings. The number of nitrogen functional groups attached to an aromatic ring is 1. The molecule has 2 aromatic carbocycles. The number of nitrogens with zero attached hydrogens (tertiary/aromatic N) is 4. The number of hydrogen-bond donors (Lipinski definition) is 1. The van der Waals surface area contributed by atoms with Crippen molar-refractivity contribution >= 4 is 17.7 Å². The second-order valence-corrected chi connectivity index (χ2v) is 7.51. The number of benzene rings is 2. The van der Waals surface area contributed by atoms with E-state index in [-0.39, 0.29) is 24.0 Å². The predicted molar refractivity (Wildman–Crippen MR) is 115 cm³/mol. The van der Waals surface area contributed by atoms with Gasteiger partial charge in [-0.15, -0.1) is 10.2 Å². The van der Waals surface area contributed by atoms with E-state index in [1.165, 1.54) is 28.6 Å². The average molecular weight is 446 g/mol. The summed E-state index contributed by atoms with van der Waals surface area (Å²) < 4.78 is 25.5. The van der Waals surface area contributed by atoms with Gasteiger partial charge in [0.05, 0.1) is 12.4 Å². The van der Waals surface area contributed by atoms with Gasteiger partial charge >= 0.3 is 0 Å². The van der Waals surface area contributed by atoms with Crippen LogP contribution in [0.15, 0.2) is 59.8 Å². The highest BCUT2D eigenvalue weighted by Gasteiger charge is 2.18. The Hall–Kier alpha value is -3.11. The SMILES string of the molecule is COCCN(Cc1ccccc1)C(=O)CSc1nnc(COc2ccccc2F)n1N. The number of rotatable bonds is 11. The smallest absolute Gasteiger partial charge is 0.233 e. The molecule has 0 fully saturated rings. The zero-order valence-corrected chi connectivity index (χ0v) is 17.9. The fourth-order valence-corrected chi connectivity index (χ4v) is 3.50. The largest absolute Gasteiger partial charge is 0.482 e. The van der Waals surface area contributed by atoms with Crippen LogP contribution in [0.1, 0.15) is 11.4 Å². The number of para-hydroxylation sites is 1. The highest BCUT2D eigenvalue weighted by Crippen LogP contribution is 2.19. The van der Waals surface area contributed by atoms with Crippen LogP contribution in [0, 0.1) is 5.82 Å². The number of carbonyl (C=O) groups excluding carboxylic acids is 1. The first-order chi connectivity index (χ1) is 15.1. The average Bonchev–Trinajstić information content (AvgIpc) is 3.14. The molecule has 3 rings (SSSR count). The molecule has 0 aliphatic rings. The quantitative estimate of drug-likeness (QED) is 0.358. The lowest BCUT2D eigenvalue weighted by atomic mass is 10.2. The van der Waals surface area contributed by atoms with Gasteiger partial charge in [0.1, 0.15) is 6.61 Å². The van der Waals surface area contributed by atoms with Crippen molar-refractivity contribution in [3.05, 3.63) is 71.8 Å². The van der Waals surface area contributed by atoms with Crippen molar-refractivity contribution in [3.63, 3.8) is 0 Å². The summed E-state index contributed by atoms with van der Waals surface area (Å²) in [5.41, 5.74) is 1.03. The lowest BCUT2D eigenvalue weighted by molar-refractivity contribution is -0.129. The molecular formula is C21H24FN5O3S. The van der Waals surface area contributed by atoms with Gasteiger partial charge in [0.15, 0.2) is 17.4 Å². The minimum absolute atomic E-state index is 0.0487. The Bertz CT molecular complexity index is 986. The van der Waals surface area contributed by atoms with E-state index in [2.05, 4.69) is 10.2 Å². The number of halogens is 1. The van der Waals surface area contributed by atoms with Crippen LogP contribution < -0.4 is 10.6 Å². The highest BCUT2D eigenvalue weighted by atomic mass is 32.2. The maximum atomic E-state index is 13.7. The highest BCUT2D eigenvalue weighted by molar-refractivity contribution is 7.99. The number of hydrogen-bond acceptors (Lipinski definition) is 7. The van der Waals surface area contributed by atoms with Gasteiger partial charge in [-0.3, -0.25) is 4.79 Å². The molecule has 0 spiro atoms.